The Kier molecular flexibility index (Phi) is 5.74. The molecule has 0 N–H and O–H groups in total. The highest BCUT2D eigenvalue weighted by Crippen LogP contribution is 2.43. The quantitative estimate of drug-likeness (QED) is 0.187. The summed E-state index contributed by atoms with van der Waals surface area (Å²) in [4.78, 5) is 0. The van der Waals surface area contributed by atoms with Crippen LogP contribution in [-0.2, 0) is 6.42 Å². The van der Waals surface area contributed by atoms with Crippen LogP contribution in [0.2, 0.25) is 0 Å². The monoisotopic (exact) mass is 644 g/mol. The largest absolute Gasteiger partial charge is 0.456 e. The molecule has 0 aliphatic rings. The molecule has 0 radical (unpaired) electrons. The lowest BCUT2D eigenvalue weighted by Crippen LogP contribution is -1.95. The first-order valence-corrected chi connectivity index (χ1v) is 17.6. The Hall–Kier alpha value is -6.26. The van der Waals surface area contributed by atoms with E-state index in [-0.39, 0.29) is 0 Å². The molecular formula is C46H32N2O2. The molecule has 0 saturated heterocycles. The van der Waals surface area contributed by atoms with Crippen LogP contribution in [0.4, 0.5) is 0 Å². The third-order valence-electron chi connectivity index (χ3n) is 10.7. The molecule has 4 aromatic heterocycles. The molecule has 0 aliphatic carbocycles. The lowest BCUT2D eigenvalue weighted by atomic mass is 10.1. The van der Waals surface area contributed by atoms with Crippen molar-refractivity contribution in [3.05, 3.63) is 145 Å². The molecule has 0 saturated carbocycles. The molecule has 4 nitrogen and oxygen atoms in total. The van der Waals surface area contributed by atoms with Crippen LogP contribution in [0.25, 0.3) is 98.9 Å². The molecule has 7 aromatic carbocycles. The number of unbranched alkanes of at least 4 members (excludes halogenated alkanes) is 1. The van der Waals surface area contributed by atoms with Crippen molar-refractivity contribution in [2.45, 2.75) is 26.2 Å². The summed E-state index contributed by atoms with van der Waals surface area (Å²) in [7, 11) is 0. The number of benzene rings is 7. The van der Waals surface area contributed by atoms with Crippen LogP contribution in [0.3, 0.4) is 0 Å². The van der Waals surface area contributed by atoms with Gasteiger partial charge in [0.2, 0.25) is 0 Å². The van der Waals surface area contributed by atoms with Gasteiger partial charge >= 0.3 is 0 Å². The Labute approximate surface area is 287 Å². The summed E-state index contributed by atoms with van der Waals surface area (Å²) < 4.78 is 17.6. The molecule has 11 rings (SSSR count). The molecule has 0 spiro atoms. The molecule has 4 heterocycles. The molecule has 0 atom stereocenters. The molecular weight excluding hydrogens is 613 g/mol. The van der Waals surface area contributed by atoms with E-state index >= 15 is 0 Å². The summed E-state index contributed by atoms with van der Waals surface area (Å²) in [6.45, 7) is 2.24. The number of hydrogen-bond acceptors (Lipinski definition) is 2. The van der Waals surface area contributed by atoms with Gasteiger partial charge in [0.25, 0.3) is 0 Å². The number of aryl methyl sites for hydroxylation is 1. The molecule has 0 unspecified atom stereocenters. The zero-order valence-electron chi connectivity index (χ0n) is 27.6. The maximum Gasteiger partial charge on any atom is 0.137 e. The summed E-state index contributed by atoms with van der Waals surface area (Å²) in [5.74, 6) is 0. The van der Waals surface area contributed by atoms with E-state index in [1.54, 1.807) is 0 Å². The van der Waals surface area contributed by atoms with Gasteiger partial charge in [-0.05, 0) is 79.1 Å². The number of nitrogens with zero attached hydrogens (tertiary/aromatic N) is 2. The zero-order chi connectivity index (χ0) is 32.9. The highest BCUT2D eigenvalue weighted by molar-refractivity contribution is 6.26. The minimum atomic E-state index is 0.899. The summed E-state index contributed by atoms with van der Waals surface area (Å²) >= 11 is 0. The van der Waals surface area contributed by atoms with Gasteiger partial charge < -0.3 is 18.0 Å². The first kappa shape index (κ1) is 27.7. The predicted octanol–water partition coefficient (Wildman–Crippen LogP) is 13.0. The normalized spacial score (nSPS) is 12.3. The number of para-hydroxylation sites is 3. The number of rotatable bonds is 5. The van der Waals surface area contributed by atoms with Crippen molar-refractivity contribution in [3.63, 3.8) is 0 Å². The molecule has 11 aromatic rings. The van der Waals surface area contributed by atoms with Gasteiger partial charge in [-0.1, -0.05) is 86.1 Å². The second-order valence-electron chi connectivity index (χ2n) is 13.6. The molecule has 0 aliphatic heterocycles. The van der Waals surface area contributed by atoms with E-state index in [4.69, 9.17) is 8.83 Å². The SMILES string of the molecule is CCCCc1ccc2c(c1)oc1cc(-n3c4ccccc4c4c3ccc3c5ccccc5n(-c5ccc6oc7ccccc7c6c5)c34)ccc12. The highest BCUT2D eigenvalue weighted by Gasteiger charge is 2.22. The van der Waals surface area contributed by atoms with Crippen molar-refractivity contribution < 1.29 is 8.83 Å². The third-order valence-corrected chi connectivity index (χ3v) is 10.7. The Bertz CT molecular complexity index is 3150. The fourth-order valence-corrected chi connectivity index (χ4v) is 8.39. The van der Waals surface area contributed by atoms with Crippen molar-refractivity contribution in [2.75, 3.05) is 0 Å². The van der Waals surface area contributed by atoms with Gasteiger partial charge in [-0.15, -0.1) is 0 Å². The summed E-state index contributed by atoms with van der Waals surface area (Å²) in [5, 5.41) is 9.49. The topological polar surface area (TPSA) is 36.1 Å². The first-order chi connectivity index (χ1) is 24.7. The van der Waals surface area contributed by atoms with E-state index in [0.717, 1.165) is 61.8 Å². The van der Waals surface area contributed by atoms with E-state index in [1.165, 1.54) is 61.9 Å². The molecule has 4 heteroatoms. The van der Waals surface area contributed by atoms with Crippen molar-refractivity contribution >= 4 is 87.5 Å². The number of furan rings is 2. The van der Waals surface area contributed by atoms with Gasteiger partial charge in [-0.2, -0.15) is 0 Å². The van der Waals surface area contributed by atoms with Crippen LogP contribution in [0, 0.1) is 0 Å². The molecule has 0 amide bonds. The van der Waals surface area contributed by atoms with Crippen molar-refractivity contribution in [3.8, 4) is 11.4 Å². The number of aromatic nitrogens is 2. The van der Waals surface area contributed by atoms with Crippen LogP contribution < -0.4 is 0 Å². The highest BCUT2D eigenvalue weighted by atomic mass is 16.3. The van der Waals surface area contributed by atoms with E-state index in [9.17, 15) is 0 Å². The smallest absolute Gasteiger partial charge is 0.137 e. The first-order valence-electron chi connectivity index (χ1n) is 17.6. The fraction of sp³-hybridized carbons (Fsp3) is 0.0870. The minimum Gasteiger partial charge on any atom is -0.456 e. The second-order valence-corrected chi connectivity index (χ2v) is 13.6. The second kappa shape index (κ2) is 10.4. The Morgan fingerprint density at radius 2 is 1.06 bits per heavy atom. The molecule has 0 fully saturated rings. The van der Waals surface area contributed by atoms with Crippen molar-refractivity contribution in [2.24, 2.45) is 0 Å². The van der Waals surface area contributed by atoms with Gasteiger partial charge in [0, 0.05) is 60.5 Å². The van der Waals surface area contributed by atoms with Crippen molar-refractivity contribution in [1.82, 2.24) is 9.13 Å². The van der Waals surface area contributed by atoms with Crippen LogP contribution >= 0.6 is 0 Å². The van der Waals surface area contributed by atoms with Crippen LogP contribution in [0.1, 0.15) is 25.3 Å². The van der Waals surface area contributed by atoms with E-state index < -0.39 is 0 Å². The van der Waals surface area contributed by atoms with Crippen LogP contribution in [-0.4, -0.2) is 9.13 Å². The zero-order valence-corrected chi connectivity index (χ0v) is 27.6. The van der Waals surface area contributed by atoms with E-state index in [1.807, 2.05) is 12.1 Å². The molecule has 238 valence electrons. The Morgan fingerprint density at radius 1 is 0.440 bits per heavy atom. The molecule has 50 heavy (non-hydrogen) atoms. The van der Waals surface area contributed by atoms with Crippen molar-refractivity contribution in [1.29, 1.82) is 0 Å². The summed E-state index contributed by atoms with van der Waals surface area (Å²) in [6.07, 6.45) is 3.45. The average molecular weight is 645 g/mol. The maximum atomic E-state index is 6.56. The lowest BCUT2D eigenvalue weighted by Gasteiger charge is -2.10. The number of hydrogen-bond donors (Lipinski definition) is 0. The van der Waals surface area contributed by atoms with Gasteiger partial charge in [0.15, 0.2) is 0 Å². The van der Waals surface area contributed by atoms with Gasteiger partial charge in [-0.3, -0.25) is 0 Å². The number of fused-ring (bicyclic) bond motifs is 13. The predicted molar refractivity (Wildman–Crippen MR) is 208 cm³/mol. The molecule has 0 bridgehead atoms. The summed E-state index contributed by atoms with van der Waals surface area (Å²) in [5.41, 5.74) is 11.9. The van der Waals surface area contributed by atoms with Crippen LogP contribution in [0.15, 0.2) is 148 Å². The average Bonchev–Trinajstić information content (AvgIpc) is 3.90. The summed E-state index contributed by atoms with van der Waals surface area (Å²) in [6, 6.07) is 50.4. The van der Waals surface area contributed by atoms with Gasteiger partial charge in [-0.25, -0.2) is 0 Å². The standard InChI is InChI=1S/C46H32N2O2/c1-2-3-10-28-17-20-33-34-21-18-30(27-44(34)50-43(33)25-28)47-39-15-8-5-13-36(39)45-40(47)23-22-35-31-11-4-7-14-38(31)48(46(35)45)29-19-24-42-37(26-29)32-12-6-9-16-41(32)49-42/h4-9,11-27H,2-3,10H2,1H3. The maximum absolute atomic E-state index is 6.56. The Balaban J connectivity index is 1.20. The minimum absolute atomic E-state index is 0.899. The third kappa shape index (κ3) is 3.82. The fourth-order valence-electron chi connectivity index (χ4n) is 8.39. The Morgan fingerprint density at radius 3 is 1.92 bits per heavy atom. The van der Waals surface area contributed by atoms with Crippen LogP contribution in [0.5, 0.6) is 0 Å². The van der Waals surface area contributed by atoms with Gasteiger partial charge in [0.05, 0.1) is 22.1 Å². The van der Waals surface area contributed by atoms with Gasteiger partial charge in [0.1, 0.15) is 22.3 Å². The lowest BCUT2D eigenvalue weighted by molar-refractivity contribution is 0.667. The van der Waals surface area contributed by atoms with E-state index in [2.05, 4.69) is 143 Å². The van der Waals surface area contributed by atoms with E-state index in [0.29, 0.717) is 0 Å².